The molecule has 0 spiro atoms. The lowest BCUT2D eigenvalue weighted by Gasteiger charge is -2.12. The van der Waals surface area contributed by atoms with Gasteiger partial charge in [0.25, 0.3) is 0 Å². The second-order valence-electron chi connectivity index (χ2n) is 6.20. The molecule has 2 heterocycles. The van der Waals surface area contributed by atoms with Crippen molar-refractivity contribution in [3.05, 3.63) is 93.4 Å². The number of carbonyl (C=O) groups excluding carboxylic acids is 1. The number of benzene rings is 2. The van der Waals surface area contributed by atoms with Crippen molar-refractivity contribution < 1.29 is 13.9 Å². The summed E-state index contributed by atoms with van der Waals surface area (Å²) < 4.78 is 11.4. The lowest BCUT2D eigenvalue weighted by molar-refractivity contribution is 0.0731. The average Bonchev–Trinajstić information content (AvgIpc) is 2.71. The molecule has 0 radical (unpaired) electrons. The van der Waals surface area contributed by atoms with Crippen LogP contribution in [0.15, 0.2) is 76.2 Å². The molecule has 28 heavy (non-hydrogen) atoms. The largest absolute Gasteiger partial charge is 0.452 e. The number of esters is 1. The van der Waals surface area contributed by atoms with E-state index < -0.39 is 11.4 Å². The van der Waals surface area contributed by atoms with Gasteiger partial charge in [-0.15, -0.1) is 0 Å². The molecule has 0 amide bonds. The van der Waals surface area contributed by atoms with Crippen molar-refractivity contribution in [2.24, 2.45) is 0 Å². The smallest absolute Gasteiger partial charge is 0.345 e. The number of aromatic nitrogens is 1. The van der Waals surface area contributed by atoms with E-state index in [2.05, 4.69) is 4.98 Å². The summed E-state index contributed by atoms with van der Waals surface area (Å²) in [6.07, 6.45) is 2.90. The molecule has 138 valence electrons. The number of aryl methyl sites for hydroxylation is 1. The standard InChI is InChI=1S/C22H14ClNO4/c1-13-8-9-16-18(11-13)27-20(15-6-2-3-7-17(15)23)21(19(16)25)28-22(26)14-5-4-10-24-12-14/h2-12H,1H3. The third-order valence-electron chi connectivity index (χ3n) is 4.22. The number of fused-ring (bicyclic) bond motifs is 1. The Balaban J connectivity index is 1.95. The highest BCUT2D eigenvalue weighted by Gasteiger charge is 2.22. The van der Waals surface area contributed by atoms with Gasteiger partial charge >= 0.3 is 5.97 Å². The lowest BCUT2D eigenvalue weighted by atomic mass is 10.1. The van der Waals surface area contributed by atoms with Crippen LogP contribution in [-0.2, 0) is 0 Å². The number of hydrogen-bond donors (Lipinski definition) is 0. The molecule has 0 aliphatic rings. The van der Waals surface area contributed by atoms with E-state index in [4.69, 9.17) is 20.8 Å². The van der Waals surface area contributed by atoms with Gasteiger partial charge in [0.1, 0.15) is 5.58 Å². The summed E-state index contributed by atoms with van der Waals surface area (Å²) in [5, 5.41) is 0.687. The number of hydrogen-bond acceptors (Lipinski definition) is 5. The molecule has 5 nitrogen and oxygen atoms in total. The van der Waals surface area contributed by atoms with E-state index in [9.17, 15) is 9.59 Å². The monoisotopic (exact) mass is 391 g/mol. The summed E-state index contributed by atoms with van der Waals surface area (Å²) in [7, 11) is 0. The van der Waals surface area contributed by atoms with E-state index in [1.54, 1.807) is 60.8 Å². The molecule has 2 aromatic heterocycles. The first-order valence-corrected chi connectivity index (χ1v) is 8.87. The molecule has 6 heteroatoms. The van der Waals surface area contributed by atoms with E-state index in [0.717, 1.165) is 5.56 Å². The Hall–Kier alpha value is -3.44. The highest BCUT2D eigenvalue weighted by atomic mass is 35.5. The first-order valence-electron chi connectivity index (χ1n) is 8.49. The molecule has 0 aliphatic heterocycles. The van der Waals surface area contributed by atoms with Gasteiger partial charge in [-0.05, 0) is 48.9 Å². The maximum absolute atomic E-state index is 13.1. The van der Waals surface area contributed by atoms with Crippen LogP contribution in [0.1, 0.15) is 15.9 Å². The Labute approximate surface area is 165 Å². The maximum Gasteiger partial charge on any atom is 0.345 e. The summed E-state index contributed by atoms with van der Waals surface area (Å²) in [4.78, 5) is 29.6. The van der Waals surface area contributed by atoms with Crippen molar-refractivity contribution in [2.75, 3.05) is 0 Å². The van der Waals surface area contributed by atoms with Crippen molar-refractivity contribution in [1.82, 2.24) is 4.98 Å². The van der Waals surface area contributed by atoms with Crippen LogP contribution in [0.4, 0.5) is 0 Å². The maximum atomic E-state index is 13.1. The predicted octanol–water partition coefficient (Wildman–Crippen LogP) is 5.04. The normalized spacial score (nSPS) is 10.8. The van der Waals surface area contributed by atoms with Crippen molar-refractivity contribution >= 4 is 28.5 Å². The molecule has 0 aliphatic carbocycles. The van der Waals surface area contributed by atoms with Gasteiger partial charge in [0.2, 0.25) is 11.2 Å². The first kappa shape index (κ1) is 17.9. The second kappa shape index (κ2) is 7.29. The number of carbonyl (C=O) groups is 1. The number of pyridine rings is 1. The lowest BCUT2D eigenvalue weighted by Crippen LogP contribution is -2.16. The molecule has 0 bridgehead atoms. The van der Waals surface area contributed by atoms with Gasteiger partial charge in [0.05, 0.1) is 16.0 Å². The molecule has 0 saturated carbocycles. The summed E-state index contributed by atoms with van der Waals surface area (Å²) in [5.74, 6) is -0.815. The number of ether oxygens (including phenoxy) is 1. The van der Waals surface area contributed by atoms with E-state index in [-0.39, 0.29) is 17.1 Å². The van der Waals surface area contributed by atoms with E-state index in [1.807, 2.05) is 6.92 Å². The molecule has 0 N–H and O–H groups in total. The molecule has 0 unspecified atom stereocenters. The van der Waals surface area contributed by atoms with Gasteiger partial charge in [-0.3, -0.25) is 9.78 Å². The molecule has 0 saturated heterocycles. The van der Waals surface area contributed by atoms with E-state index >= 15 is 0 Å². The summed E-state index contributed by atoms with van der Waals surface area (Å²) in [6, 6.07) is 15.2. The first-order chi connectivity index (χ1) is 13.5. The SMILES string of the molecule is Cc1ccc2c(=O)c(OC(=O)c3cccnc3)c(-c3ccccc3Cl)oc2c1. The summed E-state index contributed by atoms with van der Waals surface area (Å²) >= 11 is 6.31. The van der Waals surface area contributed by atoms with Crippen molar-refractivity contribution in [3.63, 3.8) is 0 Å². The summed E-state index contributed by atoms with van der Waals surface area (Å²) in [6.45, 7) is 1.89. The van der Waals surface area contributed by atoms with Gasteiger partial charge in [0.15, 0.2) is 5.76 Å². The average molecular weight is 392 g/mol. The number of halogens is 1. The van der Waals surface area contributed by atoms with Crippen LogP contribution in [0.5, 0.6) is 5.75 Å². The van der Waals surface area contributed by atoms with E-state index in [0.29, 0.717) is 21.6 Å². The van der Waals surface area contributed by atoms with Crippen LogP contribution in [-0.4, -0.2) is 11.0 Å². The van der Waals surface area contributed by atoms with Crippen LogP contribution in [0.2, 0.25) is 5.02 Å². The zero-order chi connectivity index (χ0) is 19.7. The third kappa shape index (κ3) is 3.28. The Bertz CT molecular complexity index is 1250. The molecule has 2 aromatic carbocycles. The Kier molecular flexibility index (Phi) is 4.67. The minimum absolute atomic E-state index is 0.103. The topological polar surface area (TPSA) is 69.4 Å². The van der Waals surface area contributed by atoms with Crippen LogP contribution in [0.25, 0.3) is 22.3 Å². The van der Waals surface area contributed by atoms with Crippen LogP contribution in [0, 0.1) is 6.92 Å². The Morgan fingerprint density at radius 3 is 2.68 bits per heavy atom. The fourth-order valence-corrected chi connectivity index (χ4v) is 3.06. The van der Waals surface area contributed by atoms with Crippen LogP contribution < -0.4 is 10.2 Å². The fourth-order valence-electron chi connectivity index (χ4n) is 2.83. The zero-order valence-corrected chi connectivity index (χ0v) is 15.6. The van der Waals surface area contributed by atoms with Crippen molar-refractivity contribution in [3.8, 4) is 17.1 Å². The highest BCUT2D eigenvalue weighted by molar-refractivity contribution is 6.33. The molecular formula is C22H14ClNO4. The fraction of sp³-hybridized carbons (Fsp3) is 0.0455. The Morgan fingerprint density at radius 1 is 1.11 bits per heavy atom. The predicted molar refractivity (Wildman–Crippen MR) is 107 cm³/mol. The highest BCUT2D eigenvalue weighted by Crippen LogP contribution is 2.35. The van der Waals surface area contributed by atoms with Gasteiger partial charge in [0, 0.05) is 18.0 Å². The van der Waals surface area contributed by atoms with E-state index in [1.165, 1.54) is 6.20 Å². The van der Waals surface area contributed by atoms with Gasteiger partial charge in [-0.1, -0.05) is 29.8 Å². The number of nitrogens with zero attached hydrogens (tertiary/aromatic N) is 1. The van der Waals surface area contributed by atoms with Crippen molar-refractivity contribution in [2.45, 2.75) is 6.92 Å². The number of rotatable bonds is 3. The molecule has 0 atom stereocenters. The second-order valence-corrected chi connectivity index (χ2v) is 6.61. The van der Waals surface area contributed by atoms with Gasteiger partial charge in [-0.25, -0.2) is 4.79 Å². The summed E-state index contributed by atoms with van der Waals surface area (Å²) in [5.41, 5.74) is 1.55. The quantitative estimate of drug-likeness (QED) is 0.458. The molecule has 4 aromatic rings. The minimum atomic E-state index is -0.708. The zero-order valence-electron chi connectivity index (χ0n) is 14.8. The van der Waals surface area contributed by atoms with Crippen LogP contribution >= 0.6 is 11.6 Å². The molecule has 4 rings (SSSR count). The van der Waals surface area contributed by atoms with Gasteiger partial charge in [-0.2, -0.15) is 0 Å². The Morgan fingerprint density at radius 2 is 1.93 bits per heavy atom. The van der Waals surface area contributed by atoms with Gasteiger partial charge < -0.3 is 9.15 Å². The molecule has 0 fully saturated rings. The molecular weight excluding hydrogens is 378 g/mol. The van der Waals surface area contributed by atoms with Crippen molar-refractivity contribution in [1.29, 1.82) is 0 Å². The third-order valence-corrected chi connectivity index (χ3v) is 4.55. The van der Waals surface area contributed by atoms with Crippen LogP contribution in [0.3, 0.4) is 0 Å². The minimum Gasteiger partial charge on any atom is -0.452 e.